The van der Waals surface area contributed by atoms with Gasteiger partial charge < -0.3 is 15.5 Å². The van der Waals surface area contributed by atoms with Gasteiger partial charge in [0.05, 0.1) is 21.9 Å². The summed E-state index contributed by atoms with van der Waals surface area (Å²) in [5.41, 5.74) is 0.336. The first-order chi connectivity index (χ1) is 9.90. The second kappa shape index (κ2) is 6.54. The molecule has 1 aromatic carbocycles. The highest BCUT2D eigenvalue weighted by Crippen LogP contribution is 2.36. The van der Waals surface area contributed by atoms with Gasteiger partial charge in [0.15, 0.2) is 5.75 Å². The van der Waals surface area contributed by atoms with E-state index in [9.17, 15) is 19.8 Å². The number of carbonyl (C=O) groups is 2. The zero-order chi connectivity index (χ0) is 15.6. The first kappa shape index (κ1) is 15.9. The Bertz CT molecular complexity index is 553. The molecule has 3 N–H and O–H groups in total. The summed E-state index contributed by atoms with van der Waals surface area (Å²) in [5.74, 6) is -2.79. The summed E-state index contributed by atoms with van der Waals surface area (Å²) in [7, 11) is 0. The Morgan fingerprint density at radius 3 is 2.14 bits per heavy atom. The summed E-state index contributed by atoms with van der Waals surface area (Å²) in [6.07, 6.45) is 2.70. The third-order valence-corrected chi connectivity index (χ3v) is 4.28. The van der Waals surface area contributed by atoms with Gasteiger partial charge in [-0.15, -0.1) is 0 Å². The lowest BCUT2D eigenvalue weighted by Gasteiger charge is -2.27. The molecule has 1 fully saturated rings. The average molecular weight is 332 g/mol. The fourth-order valence-corrected chi connectivity index (χ4v) is 3.10. The molecule has 0 unspecified atom stereocenters. The molecule has 0 aromatic heterocycles. The number of aliphatic carboxylic acids is 1. The number of carbonyl (C=O) groups excluding carboxylic acids is 1. The molecule has 21 heavy (non-hydrogen) atoms. The van der Waals surface area contributed by atoms with Crippen molar-refractivity contribution < 1.29 is 19.8 Å². The van der Waals surface area contributed by atoms with E-state index in [0.717, 1.165) is 12.8 Å². The van der Waals surface area contributed by atoms with Crippen LogP contribution in [0.2, 0.25) is 10.0 Å². The fourth-order valence-electron chi connectivity index (χ4n) is 2.61. The summed E-state index contributed by atoms with van der Waals surface area (Å²) in [6.45, 7) is 0. The predicted octanol–water partition coefficient (Wildman–Crippen LogP) is 3.53. The molecule has 0 radical (unpaired) electrons. The first-order valence-corrected chi connectivity index (χ1v) is 7.37. The minimum atomic E-state index is -0.948. The van der Waals surface area contributed by atoms with Gasteiger partial charge in [-0.2, -0.15) is 0 Å². The highest BCUT2D eigenvalue weighted by Gasteiger charge is 2.35. The second-order valence-electron chi connectivity index (χ2n) is 5.11. The normalized spacial score (nSPS) is 21.8. The van der Waals surface area contributed by atoms with Crippen LogP contribution >= 0.6 is 23.2 Å². The van der Waals surface area contributed by atoms with Gasteiger partial charge in [0.1, 0.15) is 0 Å². The van der Waals surface area contributed by atoms with Crippen molar-refractivity contribution >= 4 is 40.8 Å². The van der Waals surface area contributed by atoms with Crippen molar-refractivity contribution in [2.45, 2.75) is 25.7 Å². The van der Waals surface area contributed by atoms with Gasteiger partial charge in [-0.05, 0) is 25.0 Å². The van der Waals surface area contributed by atoms with E-state index < -0.39 is 17.8 Å². The summed E-state index contributed by atoms with van der Waals surface area (Å²) in [5, 5.41) is 21.3. The van der Waals surface area contributed by atoms with E-state index in [4.69, 9.17) is 23.2 Å². The first-order valence-electron chi connectivity index (χ1n) is 6.62. The van der Waals surface area contributed by atoms with E-state index >= 15 is 0 Å². The molecule has 5 nitrogen and oxygen atoms in total. The van der Waals surface area contributed by atoms with E-state index in [0.29, 0.717) is 18.5 Å². The Kier molecular flexibility index (Phi) is 4.96. The Balaban J connectivity index is 2.15. The molecule has 0 spiro atoms. The molecule has 114 valence electrons. The Morgan fingerprint density at radius 1 is 1.10 bits per heavy atom. The standard InChI is InChI=1S/C14H15Cl2NO4/c15-10-5-7(6-11(16)12(10)18)17-13(19)8-3-1-2-4-9(8)14(20)21/h5-6,8-9,18H,1-4H2,(H,17,19)(H,20,21)/t8-,9+/m1/s1. The summed E-state index contributed by atoms with van der Waals surface area (Å²) < 4.78 is 0. The van der Waals surface area contributed by atoms with Gasteiger partial charge in [-0.3, -0.25) is 9.59 Å². The lowest BCUT2D eigenvalue weighted by Crippen LogP contribution is -2.36. The number of amides is 1. The number of anilines is 1. The third-order valence-electron chi connectivity index (χ3n) is 3.70. The maximum absolute atomic E-state index is 12.3. The molecule has 7 heteroatoms. The number of benzene rings is 1. The summed E-state index contributed by atoms with van der Waals surface area (Å²) in [6, 6.07) is 2.75. The SMILES string of the molecule is O=C(O)[C@H]1CCCC[C@H]1C(=O)Nc1cc(Cl)c(O)c(Cl)c1. The van der Waals surface area contributed by atoms with E-state index in [1.165, 1.54) is 12.1 Å². The van der Waals surface area contributed by atoms with Gasteiger partial charge in [-0.25, -0.2) is 0 Å². The van der Waals surface area contributed by atoms with Crippen molar-refractivity contribution in [2.75, 3.05) is 5.32 Å². The number of rotatable bonds is 3. The van der Waals surface area contributed by atoms with Crippen LogP contribution in [0.4, 0.5) is 5.69 Å². The van der Waals surface area contributed by atoms with E-state index in [2.05, 4.69) is 5.32 Å². The predicted molar refractivity (Wildman–Crippen MR) is 79.8 cm³/mol. The molecule has 0 bridgehead atoms. The van der Waals surface area contributed by atoms with Gasteiger partial charge >= 0.3 is 5.97 Å². The Hall–Kier alpha value is -1.46. The fraction of sp³-hybridized carbons (Fsp3) is 0.429. The molecule has 1 saturated carbocycles. The molecule has 0 aliphatic heterocycles. The number of aromatic hydroxyl groups is 1. The van der Waals surface area contributed by atoms with Crippen LogP contribution in [0, 0.1) is 11.8 Å². The largest absolute Gasteiger partial charge is 0.505 e. The van der Waals surface area contributed by atoms with Gasteiger partial charge in [0.25, 0.3) is 0 Å². The van der Waals surface area contributed by atoms with Crippen LogP contribution in [0.15, 0.2) is 12.1 Å². The van der Waals surface area contributed by atoms with Crippen LogP contribution in [0.3, 0.4) is 0 Å². The van der Waals surface area contributed by atoms with E-state index in [1.807, 2.05) is 0 Å². The number of hydrogen-bond acceptors (Lipinski definition) is 3. The number of nitrogens with one attached hydrogen (secondary N) is 1. The lowest BCUT2D eigenvalue weighted by atomic mass is 9.78. The maximum atomic E-state index is 12.3. The maximum Gasteiger partial charge on any atom is 0.307 e. The monoisotopic (exact) mass is 331 g/mol. The van der Waals surface area contributed by atoms with Crippen LogP contribution in [-0.4, -0.2) is 22.1 Å². The van der Waals surface area contributed by atoms with Crippen molar-refractivity contribution in [3.05, 3.63) is 22.2 Å². The second-order valence-corrected chi connectivity index (χ2v) is 5.93. The molecular formula is C14H15Cl2NO4. The summed E-state index contributed by atoms with van der Waals surface area (Å²) >= 11 is 11.6. The van der Waals surface area contributed by atoms with Crippen LogP contribution < -0.4 is 5.32 Å². The topological polar surface area (TPSA) is 86.6 Å². The highest BCUT2D eigenvalue weighted by molar-refractivity contribution is 6.37. The molecule has 0 heterocycles. The molecular weight excluding hydrogens is 317 g/mol. The molecule has 0 saturated heterocycles. The number of halogens is 2. The van der Waals surface area contributed by atoms with Crippen molar-refractivity contribution in [2.24, 2.45) is 11.8 Å². The molecule has 1 amide bonds. The molecule has 2 atom stereocenters. The van der Waals surface area contributed by atoms with Crippen molar-refractivity contribution in [3.8, 4) is 5.75 Å². The average Bonchev–Trinajstić information content (AvgIpc) is 2.44. The van der Waals surface area contributed by atoms with Crippen LogP contribution in [0.1, 0.15) is 25.7 Å². The number of carboxylic acid groups (broad SMARTS) is 1. The smallest absolute Gasteiger partial charge is 0.307 e. The quantitative estimate of drug-likeness (QED) is 0.739. The Morgan fingerprint density at radius 2 is 1.62 bits per heavy atom. The Labute approximate surface area is 131 Å². The van der Waals surface area contributed by atoms with E-state index in [-0.39, 0.29) is 21.7 Å². The lowest BCUT2D eigenvalue weighted by molar-refractivity contribution is -0.147. The van der Waals surface area contributed by atoms with Gasteiger partial charge in [-0.1, -0.05) is 36.0 Å². The zero-order valence-electron chi connectivity index (χ0n) is 11.1. The van der Waals surface area contributed by atoms with Crippen molar-refractivity contribution in [1.82, 2.24) is 0 Å². The third kappa shape index (κ3) is 3.60. The minimum Gasteiger partial charge on any atom is -0.505 e. The molecule has 1 aromatic rings. The molecule has 1 aliphatic carbocycles. The van der Waals surface area contributed by atoms with E-state index in [1.54, 1.807) is 0 Å². The van der Waals surface area contributed by atoms with Gasteiger partial charge in [0.2, 0.25) is 5.91 Å². The van der Waals surface area contributed by atoms with Crippen molar-refractivity contribution in [3.63, 3.8) is 0 Å². The number of phenolic OH excluding ortho intramolecular Hbond substituents is 1. The summed E-state index contributed by atoms with van der Waals surface area (Å²) in [4.78, 5) is 23.5. The number of carboxylic acids is 1. The number of hydrogen-bond donors (Lipinski definition) is 3. The molecule has 1 aliphatic rings. The highest BCUT2D eigenvalue weighted by atomic mass is 35.5. The van der Waals surface area contributed by atoms with Crippen LogP contribution in [0.5, 0.6) is 5.75 Å². The zero-order valence-corrected chi connectivity index (χ0v) is 12.6. The van der Waals surface area contributed by atoms with Crippen LogP contribution in [-0.2, 0) is 9.59 Å². The minimum absolute atomic E-state index is 0.0243. The van der Waals surface area contributed by atoms with Crippen LogP contribution in [0.25, 0.3) is 0 Å². The van der Waals surface area contributed by atoms with Crippen molar-refractivity contribution in [1.29, 1.82) is 0 Å². The molecule has 2 rings (SSSR count). The number of phenols is 1. The van der Waals surface area contributed by atoms with Gasteiger partial charge in [0, 0.05) is 5.69 Å².